The van der Waals surface area contributed by atoms with Crippen LogP contribution < -0.4 is 5.32 Å². The van der Waals surface area contributed by atoms with Crippen molar-refractivity contribution in [1.82, 2.24) is 10.5 Å². The topological polar surface area (TPSA) is 38.1 Å². The minimum Gasteiger partial charge on any atom is -0.356 e. The van der Waals surface area contributed by atoms with Crippen molar-refractivity contribution in [3.63, 3.8) is 0 Å². The summed E-state index contributed by atoms with van der Waals surface area (Å²) < 4.78 is 5.34. The quantitative estimate of drug-likeness (QED) is 0.761. The first-order valence-electron chi connectivity index (χ1n) is 5.72. The Balaban J connectivity index is 1.87. The highest BCUT2D eigenvalue weighted by molar-refractivity contribution is 5.68. The lowest BCUT2D eigenvalue weighted by atomic mass is 9.90. The van der Waals surface area contributed by atoms with Crippen LogP contribution in [-0.2, 0) is 0 Å². The number of hydrogen-bond donors (Lipinski definition) is 1. The second-order valence-corrected chi connectivity index (χ2v) is 4.56. The van der Waals surface area contributed by atoms with Crippen LogP contribution in [0.5, 0.6) is 0 Å². The average Bonchev–Trinajstić information content (AvgIpc) is 2.83. The van der Waals surface area contributed by atoms with Crippen molar-refractivity contribution in [3.05, 3.63) is 23.6 Å². The number of aromatic nitrogens is 1. The van der Waals surface area contributed by atoms with E-state index in [1.165, 1.54) is 24.8 Å². The molecular formula is C12H16N2O. The van der Waals surface area contributed by atoms with E-state index in [-0.39, 0.29) is 0 Å². The van der Waals surface area contributed by atoms with Gasteiger partial charge in [-0.1, -0.05) is 11.2 Å². The molecule has 2 aliphatic rings. The van der Waals surface area contributed by atoms with Gasteiger partial charge in [-0.15, -0.1) is 0 Å². The van der Waals surface area contributed by atoms with Gasteiger partial charge >= 0.3 is 0 Å². The van der Waals surface area contributed by atoms with Gasteiger partial charge in [0.2, 0.25) is 0 Å². The van der Waals surface area contributed by atoms with Gasteiger partial charge in [0, 0.05) is 17.7 Å². The summed E-state index contributed by atoms with van der Waals surface area (Å²) in [5.74, 6) is 1.73. The first-order valence-corrected chi connectivity index (χ1v) is 5.72. The molecule has 15 heavy (non-hydrogen) atoms. The maximum absolute atomic E-state index is 5.34. The summed E-state index contributed by atoms with van der Waals surface area (Å²) >= 11 is 0. The van der Waals surface area contributed by atoms with E-state index in [1.807, 2.05) is 13.0 Å². The van der Waals surface area contributed by atoms with Crippen LogP contribution in [-0.4, -0.2) is 17.7 Å². The number of fused-ring (bicyclic) bond motifs is 1. The van der Waals surface area contributed by atoms with Gasteiger partial charge in [0.25, 0.3) is 0 Å². The third-order valence-electron chi connectivity index (χ3n) is 3.48. The van der Waals surface area contributed by atoms with E-state index in [1.54, 1.807) is 0 Å². The van der Waals surface area contributed by atoms with Gasteiger partial charge in [0.05, 0.1) is 5.69 Å². The highest BCUT2D eigenvalue weighted by Gasteiger charge is 2.33. The molecule has 0 spiro atoms. The van der Waals surface area contributed by atoms with Crippen molar-refractivity contribution in [1.29, 1.82) is 0 Å². The Hall–Kier alpha value is -1.09. The van der Waals surface area contributed by atoms with Crippen LogP contribution in [0.4, 0.5) is 0 Å². The van der Waals surface area contributed by atoms with Crippen LogP contribution in [0.15, 0.2) is 16.7 Å². The van der Waals surface area contributed by atoms with Crippen LogP contribution in [0.25, 0.3) is 5.57 Å². The molecule has 1 aliphatic carbocycles. The average molecular weight is 204 g/mol. The standard InChI is InChI=1S/C12H16N2O/c1-8-7-11(15-14-8)10-5-4-9-3-2-6-13-12(9)10/h5,7,9,12-13H,2-4,6H2,1H3/t9-,12-/m1/s1. The van der Waals surface area contributed by atoms with E-state index in [0.717, 1.165) is 23.9 Å². The summed E-state index contributed by atoms with van der Waals surface area (Å²) in [5, 5.41) is 7.54. The monoisotopic (exact) mass is 204 g/mol. The Bertz CT molecular complexity index is 394. The Labute approximate surface area is 89.5 Å². The van der Waals surface area contributed by atoms with Gasteiger partial charge in [-0.3, -0.25) is 0 Å². The molecule has 80 valence electrons. The second-order valence-electron chi connectivity index (χ2n) is 4.56. The number of piperidine rings is 1. The second kappa shape index (κ2) is 3.49. The molecule has 1 N–H and O–H groups in total. The first kappa shape index (κ1) is 9.16. The lowest BCUT2D eigenvalue weighted by molar-refractivity contribution is 0.338. The summed E-state index contributed by atoms with van der Waals surface area (Å²) in [6.45, 7) is 3.10. The number of rotatable bonds is 1. The lowest BCUT2D eigenvalue weighted by Crippen LogP contribution is -2.39. The van der Waals surface area contributed by atoms with Gasteiger partial charge in [0.15, 0.2) is 5.76 Å². The molecule has 0 bridgehead atoms. The SMILES string of the molecule is Cc1cc(C2=CC[C@H]3CCCN[C@@H]23)on1. The van der Waals surface area contributed by atoms with E-state index in [0.29, 0.717) is 6.04 Å². The highest BCUT2D eigenvalue weighted by atomic mass is 16.5. The maximum Gasteiger partial charge on any atom is 0.164 e. The molecule has 1 aromatic rings. The first-order chi connectivity index (χ1) is 7.34. The van der Waals surface area contributed by atoms with Crippen LogP contribution in [0.2, 0.25) is 0 Å². The zero-order chi connectivity index (χ0) is 10.3. The normalized spacial score (nSPS) is 30.1. The van der Waals surface area contributed by atoms with Crippen molar-refractivity contribution in [2.24, 2.45) is 5.92 Å². The number of hydrogen-bond acceptors (Lipinski definition) is 3. The zero-order valence-electron chi connectivity index (χ0n) is 8.99. The van der Waals surface area contributed by atoms with Crippen molar-refractivity contribution < 1.29 is 4.52 Å². The van der Waals surface area contributed by atoms with Crippen molar-refractivity contribution in [2.75, 3.05) is 6.54 Å². The van der Waals surface area contributed by atoms with Crippen molar-refractivity contribution in [3.8, 4) is 0 Å². The van der Waals surface area contributed by atoms with E-state index >= 15 is 0 Å². The van der Waals surface area contributed by atoms with Crippen LogP contribution in [0, 0.1) is 12.8 Å². The molecule has 0 aromatic carbocycles. The summed E-state index contributed by atoms with van der Waals surface area (Å²) in [6, 6.07) is 2.54. The Morgan fingerprint density at radius 3 is 3.27 bits per heavy atom. The van der Waals surface area contributed by atoms with Crippen molar-refractivity contribution in [2.45, 2.75) is 32.2 Å². The molecule has 0 radical (unpaired) electrons. The maximum atomic E-state index is 5.34. The minimum atomic E-state index is 0.506. The predicted octanol–water partition coefficient (Wildman–Crippen LogP) is 2.14. The minimum absolute atomic E-state index is 0.506. The Morgan fingerprint density at radius 2 is 2.47 bits per heavy atom. The number of nitrogens with zero attached hydrogens (tertiary/aromatic N) is 1. The fourth-order valence-electron chi connectivity index (χ4n) is 2.73. The molecule has 0 saturated carbocycles. The van der Waals surface area contributed by atoms with Gasteiger partial charge in [0.1, 0.15) is 0 Å². The summed E-state index contributed by atoms with van der Waals surface area (Å²) in [5.41, 5.74) is 2.28. The van der Waals surface area contributed by atoms with Gasteiger partial charge < -0.3 is 9.84 Å². The third-order valence-corrected chi connectivity index (χ3v) is 3.48. The van der Waals surface area contributed by atoms with Gasteiger partial charge in [-0.05, 0) is 38.6 Å². The highest BCUT2D eigenvalue weighted by Crippen LogP contribution is 2.37. The molecule has 2 heterocycles. The van der Waals surface area contributed by atoms with E-state index in [2.05, 4.69) is 16.5 Å². The molecular weight excluding hydrogens is 188 g/mol. The molecule has 0 amide bonds. The predicted molar refractivity (Wildman–Crippen MR) is 58.3 cm³/mol. The molecule has 1 aliphatic heterocycles. The van der Waals surface area contributed by atoms with Crippen LogP contribution in [0.1, 0.15) is 30.7 Å². The third kappa shape index (κ3) is 1.51. The van der Waals surface area contributed by atoms with Crippen LogP contribution in [0.3, 0.4) is 0 Å². The van der Waals surface area contributed by atoms with Gasteiger partial charge in [-0.2, -0.15) is 0 Å². The summed E-state index contributed by atoms with van der Waals surface area (Å²) in [7, 11) is 0. The van der Waals surface area contributed by atoms with Gasteiger partial charge in [-0.25, -0.2) is 0 Å². The molecule has 3 heteroatoms. The fraction of sp³-hybridized carbons (Fsp3) is 0.583. The molecule has 1 saturated heterocycles. The largest absolute Gasteiger partial charge is 0.356 e. The Morgan fingerprint density at radius 1 is 1.53 bits per heavy atom. The number of nitrogens with one attached hydrogen (secondary N) is 1. The molecule has 0 unspecified atom stereocenters. The molecule has 1 fully saturated rings. The molecule has 3 nitrogen and oxygen atoms in total. The zero-order valence-corrected chi connectivity index (χ0v) is 8.99. The van der Waals surface area contributed by atoms with E-state index in [4.69, 9.17) is 4.52 Å². The number of aryl methyl sites for hydroxylation is 1. The Kier molecular flexibility index (Phi) is 2.13. The molecule has 2 atom stereocenters. The summed E-state index contributed by atoms with van der Waals surface area (Å²) in [6.07, 6.45) is 6.14. The smallest absolute Gasteiger partial charge is 0.164 e. The van der Waals surface area contributed by atoms with E-state index < -0.39 is 0 Å². The van der Waals surface area contributed by atoms with E-state index in [9.17, 15) is 0 Å². The fourth-order valence-corrected chi connectivity index (χ4v) is 2.73. The summed E-state index contributed by atoms with van der Waals surface area (Å²) in [4.78, 5) is 0. The molecule has 1 aromatic heterocycles. The number of allylic oxidation sites excluding steroid dienone is 1. The van der Waals surface area contributed by atoms with Crippen molar-refractivity contribution >= 4 is 5.57 Å². The molecule has 3 rings (SSSR count). The lowest BCUT2D eigenvalue weighted by Gasteiger charge is -2.28. The van der Waals surface area contributed by atoms with Crippen LogP contribution >= 0.6 is 0 Å².